The first-order valence-electron chi connectivity index (χ1n) is 8.37. The quantitative estimate of drug-likeness (QED) is 0.656. The van der Waals surface area contributed by atoms with E-state index in [9.17, 15) is 9.59 Å². The molecule has 0 bridgehead atoms. The molecule has 0 aromatic heterocycles. The number of ether oxygens (including phenoxy) is 2. The van der Waals surface area contributed by atoms with E-state index in [0.29, 0.717) is 23.7 Å². The molecule has 0 aliphatic carbocycles. The van der Waals surface area contributed by atoms with Crippen LogP contribution < -0.4 is 4.74 Å². The van der Waals surface area contributed by atoms with E-state index in [-0.39, 0.29) is 24.8 Å². The van der Waals surface area contributed by atoms with Crippen LogP contribution in [0, 0.1) is 0 Å². The molecule has 0 spiro atoms. The highest BCUT2D eigenvalue weighted by atomic mass is 35.5. The molecule has 2 rings (SSSR count). The van der Waals surface area contributed by atoms with Gasteiger partial charge in [0.2, 0.25) is 0 Å². The fraction of sp³-hybridized carbons (Fsp3) is 0.300. The number of hydrogen-bond donors (Lipinski definition) is 0. The van der Waals surface area contributed by atoms with Crippen molar-refractivity contribution in [3.05, 3.63) is 64.7 Å². The van der Waals surface area contributed by atoms with Crippen molar-refractivity contribution in [1.82, 2.24) is 4.90 Å². The van der Waals surface area contributed by atoms with Gasteiger partial charge in [0.05, 0.1) is 20.1 Å². The molecule has 0 saturated carbocycles. The van der Waals surface area contributed by atoms with Gasteiger partial charge in [-0.05, 0) is 42.8 Å². The third-order valence-corrected chi connectivity index (χ3v) is 4.02. The SMILES string of the molecule is CCOC(=O)CCN(Cc1ccc(OC)cc1)C(=O)c1cccc(Cl)c1. The molecule has 0 radical (unpaired) electrons. The summed E-state index contributed by atoms with van der Waals surface area (Å²) in [5, 5.41) is 0.491. The van der Waals surface area contributed by atoms with Crippen molar-refractivity contribution in [2.75, 3.05) is 20.3 Å². The van der Waals surface area contributed by atoms with Gasteiger partial charge in [-0.2, -0.15) is 0 Å². The van der Waals surface area contributed by atoms with Gasteiger partial charge in [0.15, 0.2) is 0 Å². The van der Waals surface area contributed by atoms with Crippen molar-refractivity contribution in [2.45, 2.75) is 19.9 Å². The van der Waals surface area contributed by atoms with E-state index in [2.05, 4.69) is 0 Å². The number of carbonyl (C=O) groups excluding carboxylic acids is 2. The van der Waals surface area contributed by atoms with Crippen molar-refractivity contribution in [2.24, 2.45) is 0 Å². The monoisotopic (exact) mass is 375 g/mol. The lowest BCUT2D eigenvalue weighted by Gasteiger charge is -2.23. The Labute approximate surface area is 158 Å². The van der Waals surface area contributed by atoms with Gasteiger partial charge >= 0.3 is 5.97 Å². The number of rotatable bonds is 8. The standard InChI is InChI=1S/C20H22ClNO4/c1-3-26-19(23)11-12-22(14-15-7-9-18(25-2)10-8-15)20(24)16-5-4-6-17(21)13-16/h4-10,13H,3,11-12,14H2,1-2H3. The van der Waals surface area contributed by atoms with Crippen molar-refractivity contribution >= 4 is 23.5 Å². The number of methoxy groups -OCH3 is 1. The fourth-order valence-electron chi connectivity index (χ4n) is 2.47. The first kappa shape index (κ1) is 19.8. The molecule has 0 aliphatic rings. The molecule has 0 unspecified atom stereocenters. The fourth-order valence-corrected chi connectivity index (χ4v) is 2.66. The Kier molecular flexibility index (Phi) is 7.48. The number of nitrogens with zero attached hydrogens (tertiary/aromatic N) is 1. The second-order valence-corrected chi connectivity index (χ2v) is 6.08. The van der Waals surface area contributed by atoms with Crippen molar-refractivity contribution < 1.29 is 19.1 Å². The van der Waals surface area contributed by atoms with E-state index < -0.39 is 0 Å². The molecule has 0 atom stereocenters. The first-order valence-corrected chi connectivity index (χ1v) is 8.74. The van der Waals surface area contributed by atoms with Crippen LogP contribution in [0.5, 0.6) is 5.75 Å². The molecule has 0 saturated heterocycles. The van der Waals surface area contributed by atoms with E-state index >= 15 is 0 Å². The largest absolute Gasteiger partial charge is 0.497 e. The number of benzene rings is 2. The summed E-state index contributed by atoms with van der Waals surface area (Å²) in [5.74, 6) is 0.228. The number of amides is 1. The summed E-state index contributed by atoms with van der Waals surface area (Å²) >= 11 is 6.00. The zero-order chi connectivity index (χ0) is 18.9. The molecule has 0 heterocycles. The Hall–Kier alpha value is -2.53. The summed E-state index contributed by atoms with van der Waals surface area (Å²) in [6.45, 7) is 2.70. The molecule has 0 N–H and O–H groups in total. The highest BCUT2D eigenvalue weighted by molar-refractivity contribution is 6.30. The maximum absolute atomic E-state index is 12.9. The lowest BCUT2D eigenvalue weighted by atomic mass is 10.1. The van der Waals surface area contributed by atoms with Crippen LogP contribution in [0.1, 0.15) is 29.3 Å². The van der Waals surface area contributed by atoms with Crippen LogP contribution in [0.2, 0.25) is 5.02 Å². The summed E-state index contributed by atoms with van der Waals surface area (Å²) in [4.78, 5) is 26.2. The van der Waals surface area contributed by atoms with E-state index in [1.54, 1.807) is 43.2 Å². The van der Waals surface area contributed by atoms with E-state index in [1.807, 2.05) is 24.3 Å². The summed E-state index contributed by atoms with van der Waals surface area (Å²) in [6, 6.07) is 14.2. The lowest BCUT2D eigenvalue weighted by Crippen LogP contribution is -2.33. The maximum Gasteiger partial charge on any atom is 0.307 e. The highest BCUT2D eigenvalue weighted by Crippen LogP contribution is 2.17. The Morgan fingerprint density at radius 1 is 1.12 bits per heavy atom. The van der Waals surface area contributed by atoms with Gasteiger partial charge in [0, 0.05) is 23.7 Å². The van der Waals surface area contributed by atoms with Gasteiger partial charge in [-0.15, -0.1) is 0 Å². The second-order valence-electron chi connectivity index (χ2n) is 5.64. The zero-order valence-corrected chi connectivity index (χ0v) is 15.7. The van der Waals surface area contributed by atoms with Crippen LogP contribution in [0.15, 0.2) is 48.5 Å². The Morgan fingerprint density at radius 3 is 2.46 bits per heavy atom. The second kappa shape index (κ2) is 9.82. The van der Waals surface area contributed by atoms with Gasteiger partial charge < -0.3 is 14.4 Å². The van der Waals surface area contributed by atoms with Crippen LogP contribution in [-0.2, 0) is 16.1 Å². The molecular formula is C20H22ClNO4. The van der Waals surface area contributed by atoms with Gasteiger partial charge in [-0.25, -0.2) is 0 Å². The van der Waals surface area contributed by atoms with Gasteiger partial charge in [-0.1, -0.05) is 29.8 Å². The molecule has 2 aromatic rings. The Balaban J connectivity index is 2.16. The molecule has 2 aromatic carbocycles. The smallest absolute Gasteiger partial charge is 0.307 e. The van der Waals surface area contributed by atoms with Gasteiger partial charge in [-0.3, -0.25) is 9.59 Å². The molecule has 138 valence electrons. The van der Waals surface area contributed by atoms with Crippen molar-refractivity contribution in [3.8, 4) is 5.75 Å². The predicted octanol–water partition coefficient (Wildman–Crippen LogP) is 3.94. The van der Waals surface area contributed by atoms with Crippen LogP contribution >= 0.6 is 11.6 Å². The third-order valence-electron chi connectivity index (χ3n) is 3.78. The van der Waals surface area contributed by atoms with E-state index in [0.717, 1.165) is 11.3 Å². The minimum Gasteiger partial charge on any atom is -0.497 e. The number of hydrogen-bond acceptors (Lipinski definition) is 4. The molecule has 0 aliphatic heterocycles. The molecule has 26 heavy (non-hydrogen) atoms. The van der Waals surface area contributed by atoms with Crippen LogP contribution in [-0.4, -0.2) is 37.0 Å². The van der Waals surface area contributed by atoms with Gasteiger partial charge in [0.1, 0.15) is 5.75 Å². The minimum absolute atomic E-state index is 0.135. The predicted molar refractivity (Wildman–Crippen MR) is 100 cm³/mol. The topological polar surface area (TPSA) is 55.8 Å². The van der Waals surface area contributed by atoms with E-state index in [4.69, 9.17) is 21.1 Å². The average molecular weight is 376 g/mol. The maximum atomic E-state index is 12.9. The van der Waals surface area contributed by atoms with E-state index in [1.165, 1.54) is 0 Å². The number of esters is 1. The van der Waals surface area contributed by atoms with Gasteiger partial charge in [0.25, 0.3) is 5.91 Å². The zero-order valence-electron chi connectivity index (χ0n) is 14.9. The molecule has 1 amide bonds. The van der Waals surface area contributed by atoms with Crippen molar-refractivity contribution in [3.63, 3.8) is 0 Å². The summed E-state index contributed by atoms with van der Waals surface area (Å²) in [7, 11) is 1.60. The number of halogens is 1. The highest BCUT2D eigenvalue weighted by Gasteiger charge is 2.18. The summed E-state index contributed by atoms with van der Waals surface area (Å²) in [5.41, 5.74) is 1.42. The third kappa shape index (κ3) is 5.77. The molecule has 5 nitrogen and oxygen atoms in total. The molecule has 0 fully saturated rings. The van der Waals surface area contributed by atoms with Crippen LogP contribution in [0.3, 0.4) is 0 Å². The lowest BCUT2D eigenvalue weighted by molar-refractivity contribution is -0.143. The number of carbonyl (C=O) groups is 2. The normalized spacial score (nSPS) is 10.3. The minimum atomic E-state index is -0.328. The Bertz CT molecular complexity index is 746. The molecule has 6 heteroatoms. The first-order chi connectivity index (χ1) is 12.5. The molecular weight excluding hydrogens is 354 g/mol. The van der Waals surface area contributed by atoms with Crippen LogP contribution in [0.4, 0.5) is 0 Å². The van der Waals surface area contributed by atoms with Crippen LogP contribution in [0.25, 0.3) is 0 Å². The summed E-state index contributed by atoms with van der Waals surface area (Å²) in [6.07, 6.45) is 0.135. The van der Waals surface area contributed by atoms with Crippen molar-refractivity contribution in [1.29, 1.82) is 0 Å². The average Bonchev–Trinajstić information content (AvgIpc) is 2.65. The summed E-state index contributed by atoms with van der Waals surface area (Å²) < 4.78 is 10.1. The Morgan fingerprint density at radius 2 is 1.85 bits per heavy atom.